The molecule has 0 aliphatic heterocycles. The Labute approximate surface area is 149 Å². The molecule has 0 spiro atoms. The quantitative estimate of drug-likeness (QED) is 0.354. The Balaban J connectivity index is 1.58. The zero-order chi connectivity index (χ0) is 16.8. The molecular weight excluding hydrogens is 338 g/mol. The van der Waals surface area contributed by atoms with E-state index in [2.05, 4.69) is 22.4 Å². The van der Waals surface area contributed by atoms with Crippen LogP contribution in [0.25, 0.3) is 10.8 Å². The molecular formula is C18H19N3OS2. The molecule has 3 rings (SSSR count). The summed E-state index contributed by atoms with van der Waals surface area (Å²) in [5.74, 6) is 0.489. The lowest BCUT2D eigenvalue weighted by molar-refractivity contribution is 0.102. The van der Waals surface area contributed by atoms with Gasteiger partial charge in [-0.1, -0.05) is 72.8 Å². The predicted octanol–water partition coefficient (Wildman–Crippen LogP) is 4.88. The molecule has 0 atom stereocenters. The van der Waals surface area contributed by atoms with Crippen molar-refractivity contribution in [1.29, 1.82) is 0 Å². The summed E-state index contributed by atoms with van der Waals surface area (Å²) in [5.41, 5.74) is 0.743. The van der Waals surface area contributed by atoms with Crippen molar-refractivity contribution in [2.24, 2.45) is 0 Å². The zero-order valence-electron chi connectivity index (χ0n) is 13.5. The lowest BCUT2D eigenvalue weighted by Gasteiger charge is -2.02. The molecule has 0 amide bonds. The van der Waals surface area contributed by atoms with Crippen LogP contribution in [0.4, 0.5) is 5.13 Å². The fourth-order valence-corrected chi connectivity index (χ4v) is 3.96. The van der Waals surface area contributed by atoms with Gasteiger partial charge in [0.05, 0.1) is 5.75 Å². The summed E-state index contributed by atoms with van der Waals surface area (Å²) in [6.07, 6.45) is 2.26. The van der Waals surface area contributed by atoms with Crippen LogP contribution in [0, 0.1) is 0 Å². The van der Waals surface area contributed by atoms with E-state index in [1.807, 2.05) is 42.5 Å². The average molecular weight is 358 g/mol. The van der Waals surface area contributed by atoms with Gasteiger partial charge in [-0.15, -0.1) is 10.2 Å². The van der Waals surface area contributed by atoms with Gasteiger partial charge in [0.15, 0.2) is 10.1 Å². The lowest BCUT2D eigenvalue weighted by Crippen LogP contribution is -2.02. The highest BCUT2D eigenvalue weighted by molar-refractivity contribution is 8.01. The molecule has 0 saturated heterocycles. The van der Waals surface area contributed by atoms with E-state index >= 15 is 0 Å². The van der Waals surface area contributed by atoms with Crippen molar-refractivity contribution >= 4 is 44.8 Å². The van der Waals surface area contributed by atoms with Crippen LogP contribution in [-0.2, 0) is 0 Å². The Bertz CT molecular complexity index is 832. The molecule has 1 heterocycles. The average Bonchev–Trinajstić information content (AvgIpc) is 3.07. The summed E-state index contributed by atoms with van der Waals surface area (Å²) in [4.78, 5) is 12.4. The number of ketones is 1. The normalized spacial score (nSPS) is 10.9. The van der Waals surface area contributed by atoms with E-state index in [0.29, 0.717) is 5.75 Å². The number of thioether (sulfide) groups is 1. The Morgan fingerprint density at radius 2 is 2.00 bits per heavy atom. The third-order valence-corrected chi connectivity index (χ3v) is 5.63. The number of unbranched alkanes of at least 4 members (excludes halogenated alkanes) is 1. The smallest absolute Gasteiger partial charge is 0.206 e. The predicted molar refractivity (Wildman–Crippen MR) is 102 cm³/mol. The first kappa shape index (κ1) is 16.9. The number of fused-ring (bicyclic) bond motifs is 1. The maximum atomic E-state index is 12.4. The van der Waals surface area contributed by atoms with Gasteiger partial charge in [0.1, 0.15) is 0 Å². The Kier molecular flexibility index (Phi) is 5.82. The van der Waals surface area contributed by atoms with Gasteiger partial charge in [0.2, 0.25) is 5.13 Å². The number of carbonyl (C=O) groups is 1. The number of nitrogens with one attached hydrogen (secondary N) is 1. The Hall–Kier alpha value is -1.92. The second-order valence-electron chi connectivity index (χ2n) is 5.43. The number of nitrogens with zero attached hydrogens (tertiary/aromatic N) is 2. The SMILES string of the molecule is CCCCNc1nnc(SCC(=O)c2ccc3ccccc3c2)s1. The molecule has 24 heavy (non-hydrogen) atoms. The van der Waals surface area contributed by atoms with Crippen molar-refractivity contribution in [3.05, 3.63) is 48.0 Å². The molecule has 1 aromatic heterocycles. The Morgan fingerprint density at radius 1 is 1.17 bits per heavy atom. The van der Waals surface area contributed by atoms with Crippen molar-refractivity contribution in [2.75, 3.05) is 17.6 Å². The van der Waals surface area contributed by atoms with Crippen LogP contribution >= 0.6 is 23.1 Å². The van der Waals surface area contributed by atoms with E-state index in [0.717, 1.165) is 45.2 Å². The molecule has 0 unspecified atom stereocenters. The summed E-state index contributed by atoms with van der Waals surface area (Å²) in [7, 11) is 0. The van der Waals surface area contributed by atoms with E-state index in [9.17, 15) is 4.79 Å². The van der Waals surface area contributed by atoms with Gasteiger partial charge in [-0.05, 0) is 23.3 Å². The molecule has 0 radical (unpaired) electrons. The van der Waals surface area contributed by atoms with E-state index in [1.165, 1.54) is 23.1 Å². The van der Waals surface area contributed by atoms with Crippen molar-refractivity contribution in [1.82, 2.24) is 10.2 Å². The van der Waals surface area contributed by atoms with E-state index in [4.69, 9.17) is 0 Å². The van der Waals surface area contributed by atoms with Gasteiger partial charge in [0.25, 0.3) is 0 Å². The van der Waals surface area contributed by atoms with Gasteiger partial charge in [-0.25, -0.2) is 0 Å². The second-order valence-corrected chi connectivity index (χ2v) is 7.63. The van der Waals surface area contributed by atoms with Crippen LogP contribution in [-0.4, -0.2) is 28.3 Å². The molecule has 0 saturated carbocycles. The van der Waals surface area contributed by atoms with Gasteiger partial charge in [-0.3, -0.25) is 4.79 Å². The van der Waals surface area contributed by atoms with Crippen molar-refractivity contribution < 1.29 is 4.79 Å². The fraction of sp³-hybridized carbons (Fsp3) is 0.278. The summed E-state index contributed by atoms with van der Waals surface area (Å²) >= 11 is 2.94. The fourth-order valence-electron chi connectivity index (χ4n) is 2.29. The monoisotopic (exact) mass is 357 g/mol. The summed E-state index contributed by atoms with van der Waals surface area (Å²) in [6.45, 7) is 3.06. The third-order valence-electron chi connectivity index (χ3n) is 3.61. The van der Waals surface area contributed by atoms with E-state index in [-0.39, 0.29) is 5.78 Å². The van der Waals surface area contributed by atoms with Gasteiger partial charge in [0, 0.05) is 12.1 Å². The van der Waals surface area contributed by atoms with Gasteiger partial charge >= 0.3 is 0 Å². The number of carbonyl (C=O) groups excluding carboxylic acids is 1. The van der Waals surface area contributed by atoms with E-state index < -0.39 is 0 Å². The first-order chi connectivity index (χ1) is 11.8. The van der Waals surface area contributed by atoms with Crippen LogP contribution in [0.3, 0.4) is 0 Å². The summed E-state index contributed by atoms with van der Waals surface area (Å²) in [5, 5.41) is 14.5. The zero-order valence-corrected chi connectivity index (χ0v) is 15.1. The third kappa shape index (κ3) is 4.33. The number of aromatic nitrogens is 2. The largest absolute Gasteiger partial charge is 0.360 e. The topological polar surface area (TPSA) is 54.9 Å². The van der Waals surface area contributed by atoms with Gasteiger partial charge in [-0.2, -0.15) is 0 Å². The maximum Gasteiger partial charge on any atom is 0.206 e. The minimum absolute atomic E-state index is 0.112. The van der Waals surface area contributed by atoms with Crippen molar-refractivity contribution in [3.8, 4) is 0 Å². The first-order valence-corrected chi connectivity index (χ1v) is 9.78. The first-order valence-electron chi connectivity index (χ1n) is 7.98. The Morgan fingerprint density at radius 3 is 2.83 bits per heavy atom. The molecule has 2 aromatic carbocycles. The molecule has 124 valence electrons. The second kappa shape index (κ2) is 8.26. The minimum Gasteiger partial charge on any atom is -0.360 e. The summed E-state index contributed by atoms with van der Waals surface area (Å²) < 4.78 is 0.822. The van der Waals surface area contributed by atoms with Crippen LogP contribution in [0.2, 0.25) is 0 Å². The molecule has 0 fully saturated rings. The number of benzene rings is 2. The highest BCUT2D eigenvalue weighted by Crippen LogP contribution is 2.26. The number of rotatable bonds is 8. The van der Waals surface area contributed by atoms with E-state index in [1.54, 1.807) is 0 Å². The lowest BCUT2D eigenvalue weighted by atomic mass is 10.1. The van der Waals surface area contributed by atoms with Crippen molar-refractivity contribution in [3.63, 3.8) is 0 Å². The summed E-state index contributed by atoms with van der Waals surface area (Å²) in [6, 6.07) is 13.9. The van der Waals surface area contributed by atoms with Crippen LogP contribution in [0.1, 0.15) is 30.1 Å². The highest BCUT2D eigenvalue weighted by atomic mass is 32.2. The standard InChI is InChI=1S/C18H19N3OS2/c1-2-3-10-19-17-20-21-18(24-17)23-12-16(22)15-9-8-13-6-4-5-7-14(13)11-15/h4-9,11H,2-3,10,12H2,1H3,(H,19,20). The number of hydrogen-bond donors (Lipinski definition) is 1. The van der Waals surface area contributed by atoms with Crippen LogP contribution < -0.4 is 5.32 Å². The van der Waals surface area contributed by atoms with Crippen LogP contribution in [0.15, 0.2) is 46.8 Å². The van der Waals surface area contributed by atoms with Crippen molar-refractivity contribution in [2.45, 2.75) is 24.1 Å². The molecule has 3 aromatic rings. The van der Waals surface area contributed by atoms with Gasteiger partial charge < -0.3 is 5.32 Å². The highest BCUT2D eigenvalue weighted by Gasteiger charge is 2.10. The molecule has 1 N–H and O–H groups in total. The molecule has 0 bridgehead atoms. The molecule has 6 heteroatoms. The number of anilines is 1. The van der Waals surface area contributed by atoms with Crippen LogP contribution in [0.5, 0.6) is 0 Å². The molecule has 4 nitrogen and oxygen atoms in total. The number of hydrogen-bond acceptors (Lipinski definition) is 6. The molecule has 0 aliphatic carbocycles. The maximum absolute atomic E-state index is 12.4. The minimum atomic E-state index is 0.112. The molecule has 0 aliphatic rings. The number of Topliss-reactive ketones (excluding diaryl/α,β-unsaturated/α-hetero) is 1.